The molecule has 1 unspecified atom stereocenters. The third-order valence-electron chi connectivity index (χ3n) is 3.04. The lowest BCUT2D eigenvalue weighted by Crippen LogP contribution is -2.33. The molecule has 102 valence electrons. The van der Waals surface area contributed by atoms with Gasteiger partial charge in [0.1, 0.15) is 0 Å². The molecule has 0 bridgehead atoms. The molecule has 18 heavy (non-hydrogen) atoms. The lowest BCUT2D eigenvalue weighted by atomic mass is 10.0. The van der Waals surface area contributed by atoms with Crippen molar-refractivity contribution in [3.8, 4) is 0 Å². The van der Waals surface area contributed by atoms with Gasteiger partial charge in [-0.1, -0.05) is 52.0 Å². The summed E-state index contributed by atoms with van der Waals surface area (Å²) in [7, 11) is 0. The van der Waals surface area contributed by atoms with Crippen molar-refractivity contribution in [2.24, 2.45) is 0 Å². The molecule has 2 heteroatoms. The van der Waals surface area contributed by atoms with Crippen LogP contribution in [0.2, 0.25) is 0 Å². The van der Waals surface area contributed by atoms with Gasteiger partial charge < -0.3 is 5.32 Å². The molecule has 1 nitrogen and oxygen atoms in total. The van der Waals surface area contributed by atoms with E-state index in [1.165, 1.54) is 16.9 Å². The van der Waals surface area contributed by atoms with E-state index in [4.69, 9.17) is 0 Å². The molecule has 1 rings (SSSR count). The maximum Gasteiger partial charge on any atom is 0.0198 e. The van der Waals surface area contributed by atoms with Gasteiger partial charge in [-0.2, -0.15) is 11.8 Å². The second-order valence-corrected chi connectivity index (χ2v) is 6.62. The standard InChI is InChI=1S/C16H27NS/c1-5-14-7-9-15(10-8-14)11-16(17-6-2)12-18-13(3)4/h7-10,13,16-17H,5-6,11-12H2,1-4H3. The van der Waals surface area contributed by atoms with Crippen LogP contribution in [0.3, 0.4) is 0 Å². The van der Waals surface area contributed by atoms with Crippen LogP contribution in [-0.4, -0.2) is 23.6 Å². The predicted molar refractivity (Wildman–Crippen MR) is 84.6 cm³/mol. The Hall–Kier alpha value is -0.470. The van der Waals surface area contributed by atoms with E-state index in [9.17, 15) is 0 Å². The number of aryl methyl sites for hydroxylation is 1. The third kappa shape index (κ3) is 5.92. The summed E-state index contributed by atoms with van der Waals surface area (Å²) in [5.74, 6) is 1.20. The van der Waals surface area contributed by atoms with Gasteiger partial charge in [0.2, 0.25) is 0 Å². The molecule has 1 aromatic rings. The van der Waals surface area contributed by atoms with Crippen LogP contribution >= 0.6 is 11.8 Å². The molecule has 0 aromatic heterocycles. The van der Waals surface area contributed by atoms with Crippen LogP contribution in [0.5, 0.6) is 0 Å². The normalized spacial score (nSPS) is 12.9. The molecule has 0 spiro atoms. The lowest BCUT2D eigenvalue weighted by Gasteiger charge is -2.19. The van der Waals surface area contributed by atoms with E-state index in [0.717, 1.165) is 19.4 Å². The summed E-state index contributed by atoms with van der Waals surface area (Å²) in [5.41, 5.74) is 2.87. The van der Waals surface area contributed by atoms with E-state index < -0.39 is 0 Å². The second-order valence-electron chi connectivity index (χ2n) is 5.01. The molecule has 1 N–H and O–H groups in total. The molecule has 1 aromatic carbocycles. The number of hydrogen-bond acceptors (Lipinski definition) is 2. The van der Waals surface area contributed by atoms with Crippen molar-refractivity contribution in [1.29, 1.82) is 0 Å². The Morgan fingerprint density at radius 2 is 1.67 bits per heavy atom. The number of thioether (sulfide) groups is 1. The van der Waals surface area contributed by atoms with Gasteiger partial charge in [-0.05, 0) is 35.8 Å². The van der Waals surface area contributed by atoms with E-state index in [-0.39, 0.29) is 0 Å². The zero-order valence-electron chi connectivity index (χ0n) is 12.2. The molecular weight excluding hydrogens is 238 g/mol. The quantitative estimate of drug-likeness (QED) is 0.765. The molecule has 0 amide bonds. The molecule has 0 radical (unpaired) electrons. The van der Waals surface area contributed by atoms with Gasteiger partial charge in [-0.15, -0.1) is 0 Å². The Morgan fingerprint density at radius 1 is 1.06 bits per heavy atom. The number of hydrogen-bond donors (Lipinski definition) is 1. The number of benzene rings is 1. The van der Waals surface area contributed by atoms with Gasteiger partial charge in [0.05, 0.1) is 0 Å². The Kier molecular flexibility index (Phi) is 7.45. The second kappa shape index (κ2) is 8.60. The Bertz CT molecular complexity index is 318. The monoisotopic (exact) mass is 265 g/mol. The molecule has 0 heterocycles. The van der Waals surface area contributed by atoms with Crippen molar-refractivity contribution in [1.82, 2.24) is 5.32 Å². The molecular formula is C16H27NS. The van der Waals surface area contributed by atoms with Gasteiger partial charge in [-0.25, -0.2) is 0 Å². The van der Waals surface area contributed by atoms with Crippen LogP contribution in [0.15, 0.2) is 24.3 Å². The van der Waals surface area contributed by atoms with Gasteiger partial charge >= 0.3 is 0 Å². The fourth-order valence-electron chi connectivity index (χ4n) is 1.98. The van der Waals surface area contributed by atoms with Crippen molar-refractivity contribution in [3.05, 3.63) is 35.4 Å². The maximum atomic E-state index is 3.59. The molecule has 0 fully saturated rings. The van der Waals surface area contributed by atoms with Crippen LogP contribution < -0.4 is 5.32 Å². The fraction of sp³-hybridized carbons (Fsp3) is 0.625. The average Bonchev–Trinajstić information content (AvgIpc) is 2.37. The number of rotatable bonds is 8. The maximum absolute atomic E-state index is 3.59. The minimum absolute atomic E-state index is 0.592. The Morgan fingerprint density at radius 3 is 2.17 bits per heavy atom. The van der Waals surface area contributed by atoms with Crippen LogP contribution in [0.4, 0.5) is 0 Å². The summed E-state index contributed by atoms with van der Waals surface area (Å²) in [6.07, 6.45) is 2.26. The van der Waals surface area contributed by atoms with Crippen molar-refractivity contribution in [2.75, 3.05) is 12.3 Å². The zero-order chi connectivity index (χ0) is 13.4. The number of nitrogens with one attached hydrogen (secondary N) is 1. The first-order valence-corrected chi connectivity index (χ1v) is 8.13. The highest BCUT2D eigenvalue weighted by Crippen LogP contribution is 2.14. The zero-order valence-corrected chi connectivity index (χ0v) is 13.0. The first-order valence-electron chi connectivity index (χ1n) is 7.08. The molecule has 0 saturated heterocycles. The van der Waals surface area contributed by atoms with Crippen molar-refractivity contribution in [3.63, 3.8) is 0 Å². The summed E-state index contributed by atoms with van der Waals surface area (Å²) in [4.78, 5) is 0. The highest BCUT2D eigenvalue weighted by molar-refractivity contribution is 7.99. The Labute approximate surface area is 117 Å². The van der Waals surface area contributed by atoms with Crippen molar-refractivity contribution < 1.29 is 0 Å². The van der Waals surface area contributed by atoms with Crippen LogP contribution in [0, 0.1) is 0 Å². The molecule has 1 atom stereocenters. The highest BCUT2D eigenvalue weighted by Gasteiger charge is 2.09. The van der Waals surface area contributed by atoms with Crippen LogP contribution in [0.25, 0.3) is 0 Å². The van der Waals surface area contributed by atoms with Gasteiger partial charge in [-0.3, -0.25) is 0 Å². The molecule has 0 aliphatic rings. The van der Waals surface area contributed by atoms with Crippen LogP contribution in [-0.2, 0) is 12.8 Å². The minimum atomic E-state index is 0.592. The lowest BCUT2D eigenvalue weighted by molar-refractivity contribution is 0.572. The summed E-state index contributed by atoms with van der Waals surface area (Å²) in [6.45, 7) is 9.98. The first kappa shape index (κ1) is 15.6. The molecule has 0 aliphatic carbocycles. The smallest absolute Gasteiger partial charge is 0.0198 e. The highest BCUT2D eigenvalue weighted by atomic mass is 32.2. The van der Waals surface area contributed by atoms with E-state index in [1.807, 2.05) is 11.8 Å². The van der Waals surface area contributed by atoms with Crippen LogP contribution in [0.1, 0.15) is 38.8 Å². The predicted octanol–water partition coefficient (Wildman–Crippen LogP) is 3.91. The molecule has 0 aliphatic heterocycles. The summed E-state index contributed by atoms with van der Waals surface area (Å²) in [5, 5.41) is 4.31. The van der Waals surface area contributed by atoms with Gasteiger partial charge in [0.15, 0.2) is 0 Å². The van der Waals surface area contributed by atoms with E-state index in [0.29, 0.717) is 11.3 Å². The minimum Gasteiger partial charge on any atom is -0.313 e. The largest absolute Gasteiger partial charge is 0.313 e. The van der Waals surface area contributed by atoms with Crippen molar-refractivity contribution in [2.45, 2.75) is 51.8 Å². The number of likely N-dealkylation sites (N-methyl/N-ethyl adjacent to an activating group) is 1. The first-order chi connectivity index (χ1) is 8.65. The summed E-state index contributed by atoms with van der Waals surface area (Å²) >= 11 is 2.04. The Balaban J connectivity index is 2.52. The SMILES string of the molecule is CCNC(CSC(C)C)Cc1ccc(CC)cc1. The van der Waals surface area contributed by atoms with E-state index >= 15 is 0 Å². The van der Waals surface area contributed by atoms with Gasteiger partial charge in [0.25, 0.3) is 0 Å². The van der Waals surface area contributed by atoms with E-state index in [1.54, 1.807) is 0 Å². The van der Waals surface area contributed by atoms with Gasteiger partial charge in [0, 0.05) is 11.8 Å². The summed E-state index contributed by atoms with van der Waals surface area (Å²) < 4.78 is 0. The topological polar surface area (TPSA) is 12.0 Å². The summed E-state index contributed by atoms with van der Waals surface area (Å²) in [6, 6.07) is 9.67. The third-order valence-corrected chi connectivity index (χ3v) is 4.30. The fourth-order valence-corrected chi connectivity index (χ4v) is 2.84. The van der Waals surface area contributed by atoms with E-state index in [2.05, 4.69) is 57.3 Å². The molecule has 0 saturated carbocycles. The average molecular weight is 265 g/mol. The van der Waals surface area contributed by atoms with Crippen molar-refractivity contribution >= 4 is 11.8 Å².